The molecule has 3 aromatic rings. The normalized spacial score (nSPS) is 19.8. The zero-order chi connectivity index (χ0) is 28.3. The molecule has 2 aromatic carbocycles. The van der Waals surface area contributed by atoms with Gasteiger partial charge in [-0.15, -0.1) is 0 Å². The van der Waals surface area contributed by atoms with Gasteiger partial charge in [0.15, 0.2) is 12.0 Å². The van der Waals surface area contributed by atoms with E-state index in [1.54, 1.807) is 17.0 Å². The number of halogens is 1. The summed E-state index contributed by atoms with van der Waals surface area (Å²) in [4.78, 5) is 40.8. The first-order valence-electron chi connectivity index (χ1n) is 13.0. The lowest BCUT2D eigenvalue weighted by Crippen LogP contribution is -2.43. The van der Waals surface area contributed by atoms with Crippen molar-refractivity contribution in [2.24, 2.45) is 0 Å². The summed E-state index contributed by atoms with van der Waals surface area (Å²) in [7, 11) is -1.77. The smallest absolute Gasteiger partial charge is 0.410 e. The third kappa shape index (κ3) is 5.69. The zero-order valence-electron chi connectivity index (χ0n) is 23.0. The Balaban J connectivity index is 1.31. The predicted molar refractivity (Wildman–Crippen MR) is 161 cm³/mol. The Hall–Kier alpha value is -2.56. The first kappa shape index (κ1) is 28.0. The molecule has 0 radical (unpaired) electrons. The van der Waals surface area contributed by atoms with E-state index < -0.39 is 25.8 Å². The average Bonchev–Trinajstić information content (AvgIpc) is 3.38. The summed E-state index contributed by atoms with van der Waals surface area (Å²) in [5, 5.41) is 0.946. The number of carbonyl (C=O) groups is 3. The summed E-state index contributed by atoms with van der Waals surface area (Å²) in [5.41, 5.74) is 2.90. The fourth-order valence-electron chi connectivity index (χ4n) is 5.36. The van der Waals surface area contributed by atoms with Crippen LogP contribution in [0.3, 0.4) is 0 Å². The minimum absolute atomic E-state index is 0.00209. The van der Waals surface area contributed by atoms with E-state index in [4.69, 9.17) is 9.47 Å². The number of Topliss-reactive ketones (excluding diaryl/α,β-unsaturated/α-hetero) is 1. The van der Waals surface area contributed by atoms with Crippen molar-refractivity contribution in [3.63, 3.8) is 0 Å². The second kappa shape index (κ2) is 10.1. The van der Waals surface area contributed by atoms with E-state index in [2.05, 4.69) is 51.8 Å². The van der Waals surface area contributed by atoms with Crippen molar-refractivity contribution >= 4 is 63.7 Å². The lowest BCUT2D eigenvalue weighted by molar-refractivity contribution is -0.114. The fraction of sp³-hybridized carbons (Fsp3) is 0.414. The number of aromatic nitrogens is 1. The third-order valence-corrected chi connectivity index (χ3v) is 11.2. The van der Waals surface area contributed by atoms with E-state index in [1.807, 2.05) is 39.8 Å². The first-order valence-corrected chi connectivity index (χ1v) is 18.2. The van der Waals surface area contributed by atoms with Gasteiger partial charge in [-0.05, 0) is 70.1 Å². The van der Waals surface area contributed by atoms with Gasteiger partial charge in [-0.1, -0.05) is 46.9 Å². The van der Waals surface area contributed by atoms with Gasteiger partial charge >= 0.3 is 6.09 Å². The molecule has 10 heteroatoms. The highest BCUT2D eigenvalue weighted by atomic mass is 79.9. The van der Waals surface area contributed by atoms with Gasteiger partial charge in [0, 0.05) is 27.2 Å². The average molecular weight is 630 g/mol. The molecule has 2 unspecified atom stereocenters. The van der Waals surface area contributed by atoms with Crippen molar-refractivity contribution in [3.05, 3.63) is 52.5 Å². The Bertz CT molecular complexity index is 1490. The Kier molecular flexibility index (Phi) is 7.26. The van der Waals surface area contributed by atoms with Crippen molar-refractivity contribution in [2.75, 3.05) is 11.9 Å². The molecule has 0 N–H and O–H groups in total. The molecule has 2 aliphatic heterocycles. The van der Waals surface area contributed by atoms with Gasteiger partial charge in [0.2, 0.25) is 5.12 Å². The second-order valence-corrected chi connectivity index (χ2v) is 19.0. The molecule has 0 aliphatic carbocycles. The fourth-order valence-corrected chi connectivity index (χ4v) is 9.58. The predicted octanol–water partition coefficient (Wildman–Crippen LogP) is 7.29. The highest BCUT2D eigenvalue weighted by Crippen LogP contribution is 2.43. The number of thioether (sulfide) groups is 1. The highest BCUT2D eigenvalue weighted by molar-refractivity contribution is 9.10. The molecule has 5 rings (SSSR count). The maximum Gasteiger partial charge on any atom is 0.410 e. The van der Waals surface area contributed by atoms with Gasteiger partial charge in [0.25, 0.3) is 0 Å². The summed E-state index contributed by atoms with van der Waals surface area (Å²) in [5.74, 6) is 0.502. The van der Waals surface area contributed by atoms with E-state index in [0.717, 1.165) is 38.4 Å². The maximum atomic E-state index is 13.2. The number of benzene rings is 2. The van der Waals surface area contributed by atoms with Crippen LogP contribution in [0.2, 0.25) is 19.1 Å². The summed E-state index contributed by atoms with van der Waals surface area (Å²) in [6, 6.07) is 13.9. The Labute approximate surface area is 242 Å². The van der Waals surface area contributed by atoms with E-state index in [0.29, 0.717) is 23.5 Å². The van der Waals surface area contributed by atoms with Gasteiger partial charge in [-0.2, -0.15) is 0 Å². The van der Waals surface area contributed by atoms with Crippen molar-refractivity contribution in [1.29, 1.82) is 0 Å². The molecule has 0 spiro atoms. The van der Waals surface area contributed by atoms with E-state index >= 15 is 0 Å². The van der Waals surface area contributed by atoms with Crippen LogP contribution < -0.4 is 4.74 Å². The van der Waals surface area contributed by atoms with Crippen molar-refractivity contribution < 1.29 is 23.9 Å². The van der Waals surface area contributed by atoms with Crippen LogP contribution in [0.15, 0.2) is 46.9 Å². The van der Waals surface area contributed by atoms with Crippen LogP contribution in [0.5, 0.6) is 5.75 Å². The van der Waals surface area contributed by atoms with Gasteiger partial charge in [0.05, 0.1) is 25.0 Å². The van der Waals surface area contributed by atoms with Crippen LogP contribution in [-0.2, 0) is 9.53 Å². The SMILES string of the molecule is CC1Oc2cc(C(=O)CSC(=O)C3C[Si](C)(C)CN3C(=O)OC(C)(C)C)ccc2-c2cc3cc(Br)ccc3n21. The Morgan fingerprint density at radius 2 is 1.87 bits per heavy atom. The number of carbonyl (C=O) groups excluding carboxylic acids is 3. The van der Waals surface area contributed by atoms with E-state index in [9.17, 15) is 14.4 Å². The number of rotatable bonds is 4. The molecule has 1 fully saturated rings. The maximum absolute atomic E-state index is 13.2. The van der Waals surface area contributed by atoms with Crippen molar-refractivity contribution in [2.45, 2.75) is 64.7 Å². The quantitative estimate of drug-likeness (QED) is 0.223. The summed E-state index contributed by atoms with van der Waals surface area (Å²) >= 11 is 4.53. The molecule has 7 nitrogen and oxygen atoms in total. The van der Waals surface area contributed by atoms with Gasteiger partial charge in [-0.25, -0.2) is 4.79 Å². The van der Waals surface area contributed by atoms with Gasteiger partial charge in [-0.3, -0.25) is 9.59 Å². The molecule has 1 saturated heterocycles. The molecule has 2 atom stereocenters. The summed E-state index contributed by atoms with van der Waals surface area (Å²) in [6.45, 7) is 11.8. The molecular formula is C29H33BrN2O5SSi. The molecule has 0 saturated carbocycles. The lowest BCUT2D eigenvalue weighted by atomic mass is 10.0. The minimum Gasteiger partial charge on any atom is -0.470 e. The molecule has 1 aromatic heterocycles. The largest absolute Gasteiger partial charge is 0.470 e. The Morgan fingerprint density at radius 1 is 1.13 bits per heavy atom. The van der Waals surface area contributed by atoms with Crippen LogP contribution in [0.1, 0.15) is 44.3 Å². The van der Waals surface area contributed by atoms with Crippen LogP contribution in [-0.4, -0.2) is 58.1 Å². The topological polar surface area (TPSA) is 77.8 Å². The molecule has 39 heavy (non-hydrogen) atoms. The zero-order valence-corrected chi connectivity index (χ0v) is 26.4. The standard InChI is InChI=1S/C29H33BrN2O5SSi/c1-17-32-22-10-8-20(30)11-19(22)12-23(32)21-9-7-18(13-26(21)36-17)25(33)14-38-27(34)24-15-39(5,6)16-31(24)28(35)37-29(2,3)4/h7-13,17,24H,14-16H2,1-6H3. The van der Waals surface area contributed by atoms with Gasteiger partial charge < -0.3 is 18.9 Å². The number of nitrogens with zero attached hydrogens (tertiary/aromatic N) is 2. The number of hydrogen-bond donors (Lipinski definition) is 0. The molecule has 0 bridgehead atoms. The minimum atomic E-state index is -1.77. The highest BCUT2D eigenvalue weighted by Gasteiger charge is 2.46. The number of amides is 1. The van der Waals surface area contributed by atoms with Crippen LogP contribution in [0, 0.1) is 0 Å². The summed E-state index contributed by atoms with van der Waals surface area (Å²) in [6.07, 6.45) is -0.126. The molecule has 2 aliphatic rings. The van der Waals surface area contributed by atoms with Gasteiger partial charge in [0.1, 0.15) is 17.4 Å². The van der Waals surface area contributed by atoms with E-state index in [-0.39, 0.29) is 22.9 Å². The molecule has 3 heterocycles. The number of fused-ring (bicyclic) bond motifs is 5. The van der Waals surface area contributed by atoms with E-state index in [1.165, 1.54) is 0 Å². The number of hydrogen-bond acceptors (Lipinski definition) is 6. The van der Waals surface area contributed by atoms with Crippen molar-refractivity contribution in [3.8, 4) is 17.0 Å². The van der Waals surface area contributed by atoms with Crippen molar-refractivity contribution in [1.82, 2.24) is 9.47 Å². The lowest BCUT2D eigenvalue weighted by Gasteiger charge is -2.28. The number of ketones is 1. The third-order valence-electron chi connectivity index (χ3n) is 7.01. The second-order valence-electron chi connectivity index (χ2n) is 12.1. The summed E-state index contributed by atoms with van der Waals surface area (Å²) < 4.78 is 15.0. The van der Waals surface area contributed by atoms with Crippen LogP contribution in [0.25, 0.3) is 22.2 Å². The molecule has 1 amide bonds. The first-order chi connectivity index (χ1) is 18.2. The monoisotopic (exact) mass is 628 g/mol. The van der Waals surface area contributed by atoms with Crippen LogP contribution in [0.4, 0.5) is 4.79 Å². The number of ether oxygens (including phenoxy) is 2. The Morgan fingerprint density at radius 3 is 2.59 bits per heavy atom. The molecule has 206 valence electrons. The van der Waals surface area contributed by atoms with Crippen LogP contribution >= 0.6 is 27.7 Å². The molecular weight excluding hydrogens is 596 g/mol.